The quantitative estimate of drug-likeness (QED) is 0.836. The number of ether oxygens (including phenoxy) is 1. The van der Waals surface area contributed by atoms with Crippen LogP contribution in [0.3, 0.4) is 0 Å². The molecule has 1 atom stereocenters. The van der Waals surface area contributed by atoms with Crippen molar-refractivity contribution in [2.45, 2.75) is 24.3 Å². The van der Waals surface area contributed by atoms with Crippen molar-refractivity contribution >= 4 is 21.6 Å². The summed E-state index contributed by atoms with van der Waals surface area (Å²) >= 11 is 0. The second kappa shape index (κ2) is 6.16. The lowest BCUT2D eigenvalue weighted by Gasteiger charge is -2.23. The Morgan fingerprint density at radius 3 is 3.16 bits per heavy atom. The number of sulfonamides is 1. The maximum atomic E-state index is 12.6. The van der Waals surface area contributed by atoms with Gasteiger partial charge in [0.05, 0.1) is 10.6 Å². The van der Waals surface area contributed by atoms with E-state index in [4.69, 9.17) is 4.74 Å². The highest BCUT2D eigenvalue weighted by molar-refractivity contribution is 7.89. The van der Waals surface area contributed by atoms with Crippen molar-refractivity contribution in [1.82, 2.24) is 14.3 Å². The van der Waals surface area contributed by atoms with Crippen LogP contribution in [0.25, 0.3) is 0 Å². The van der Waals surface area contributed by atoms with Crippen LogP contribution in [0, 0.1) is 5.92 Å². The fourth-order valence-electron chi connectivity index (χ4n) is 3.13. The molecule has 0 unspecified atom stereocenters. The van der Waals surface area contributed by atoms with Crippen LogP contribution >= 0.6 is 0 Å². The first-order valence-corrected chi connectivity index (χ1v) is 9.56. The van der Waals surface area contributed by atoms with Gasteiger partial charge in [-0.3, -0.25) is 4.79 Å². The Labute approximate surface area is 145 Å². The number of benzene rings is 1. The summed E-state index contributed by atoms with van der Waals surface area (Å²) in [6.07, 6.45) is 5.37. The van der Waals surface area contributed by atoms with E-state index >= 15 is 0 Å². The van der Waals surface area contributed by atoms with E-state index in [2.05, 4.69) is 19.6 Å². The number of nitrogens with zero attached hydrogens (tertiary/aromatic N) is 2. The molecule has 1 amide bonds. The zero-order valence-corrected chi connectivity index (χ0v) is 14.3. The highest BCUT2D eigenvalue weighted by atomic mass is 32.2. The van der Waals surface area contributed by atoms with Crippen molar-refractivity contribution in [3.8, 4) is 5.75 Å². The van der Waals surface area contributed by atoms with Gasteiger partial charge in [-0.1, -0.05) is 0 Å². The van der Waals surface area contributed by atoms with Crippen LogP contribution < -0.4 is 14.8 Å². The molecule has 0 saturated carbocycles. The Kier molecular flexibility index (Phi) is 3.97. The average Bonchev–Trinajstić information content (AvgIpc) is 3.07. The average molecular weight is 362 g/mol. The standard InChI is InChI=1S/C16H18N4O4S/c21-16-10-24-14-2-1-12(8-13(14)19-16)25(22,23)18-9-11-3-5-20-6-4-17-15(20)7-11/h1-2,4,6,8,11,18H,3,5,7,9-10H2,(H,19,21)/t11-/m0/s1. The van der Waals surface area contributed by atoms with Crippen molar-refractivity contribution in [2.24, 2.45) is 5.92 Å². The van der Waals surface area contributed by atoms with Gasteiger partial charge in [0.2, 0.25) is 10.0 Å². The van der Waals surface area contributed by atoms with Crippen molar-refractivity contribution in [1.29, 1.82) is 0 Å². The molecule has 2 aliphatic rings. The van der Waals surface area contributed by atoms with Crippen molar-refractivity contribution in [2.75, 3.05) is 18.5 Å². The molecule has 0 saturated heterocycles. The van der Waals surface area contributed by atoms with Gasteiger partial charge in [0, 0.05) is 31.9 Å². The van der Waals surface area contributed by atoms with Crippen LogP contribution in [0.1, 0.15) is 12.2 Å². The number of aryl methyl sites for hydroxylation is 1. The first-order valence-electron chi connectivity index (χ1n) is 8.08. The third-order valence-corrected chi connectivity index (χ3v) is 5.93. The van der Waals surface area contributed by atoms with Gasteiger partial charge in [-0.2, -0.15) is 0 Å². The molecular weight excluding hydrogens is 344 g/mol. The fourth-order valence-corrected chi connectivity index (χ4v) is 4.27. The van der Waals surface area contributed by atoms with Gasteiger partial charge in [0.1, 0.15) is 11.6 Å². The molecule has 0 radical (unpaired) electrons. The monoisotopic (exact) mass is 362 g/mol. The second-order valence-corrected chi connectivity index (χ2v) is 8.01. The smallest absolute Gasteiger partial charge is 0.262 e. The summed E-state index contributed by atoms with van der Waals surface area (Å²) in [6, 6.07) is 4.45. The molecule has 0 aliphatic carbocycles. The molecule has 0 spiro atoms. The van der Waals surface area contributed by atoms with Gasteiger partial charge >= 0.3 is 0 Å². The van der Waals surface area contributed by atoms with E-state index in [9.17, 15) is 13.2 Å². The number of hydrogen-bond acceptors (Lipinski definition) is 5. The molecule has 2 aromatic rings. The van der Waals surface area contributed by atoms with Crippen molar-refractivity contribution < 1.29 is 17.9 Å². The molecule has 0 bridgehead atoms. The Morgan fingerprint density at radius 2 is 2.28 bits per heavy atom. The van der Waals surface area contributed by atoms with Crippen LogP contribution in [-0.2, 0) is 27.8 Å². The first-order chi connectivity index (χ1) is 12.0. The van der Waals surface area contributed by atoms with E-state index < -0.39 is 10.0 Å². The largest absolute Gasteiger partial charge is 0.482 e. The van der Waals surface area contributed by atoms with E-state index in [1.807, 2.05) is 6.20 Å². The predicted molar refractivity (Wildman–Crippen MR) is 89.8 cm³/mol. The zero-order valence-electron chi connectivity index (χ0n) is 13.4. The molecule has 2 N–H and O–H groups in total. The maximum absolute atomic E-state index is 12.6. The van der Waals surface area contributed by atoms with Gasteiger partial charge < -0.3 is 14.6 Å². The molecular formula is C16H18N4O4S. The minimum Gasteiger partial charge on any atom is -0.482 e. The lowest BCUT2D eigenvalue weighted by molar-refractivity contribution is -0.118. The van der Waals surface area contributed by atoms with Crippen LogP contribution in [0.4, 0.5) is 5.69 Å². The lowest BCUT2D eigenvalue weighted by atomic mass is 9.98. The Hall–Kier alpha value is -2.39. The normalized spacial score (nSPS) is 19.5. The molecule has 25 heavy (non-hydrogen) atoms. The molecule has 1 aromatic heterocycles. The Balaban J connectivity index is 1.45. The Bertz CT molecular complexity index is 922. The van der Waals surface area contributed by atoms with E-state index in [0.717, 1.165) is 25.2 Å². The van der Waals surface area contributed by atoms with Gasteiger partial charge in [0.25, 0.3) is 5.91 Å². The minimum absolute atomic E-state index is 0.0607. The number of anilines is 1. The summed E-state index contributed by atoms with van der Waals surface area (Å²) in [4.78, 5) is 15.8. The first kappa shape index (κ1) is 16.1. The molecule has 0 fully saturated rings. The second-order valence-electron chi connectivity index (χ2n) is 6.24. The van der Waals surface area contributed by atoms with Crippen molar-refractivity contribution in [3.63, 3.8) is 0 Å². The zero-order chi connectivity index (χ0) is 17.4. The van der Waals surface area contributed by atoms with Gasteiger partial charge in [-0.05, 0) is 30.5 Å². The summed E-state index contributed by atoms with van der Waals surface area (Å²) in [7, 11) is -3.66. The third-order valence-electron chi connectivity index (χ3n) is 4.51. The maximum Gasteiger partial charge on any atom is 0.262 e. The SMILES string of the molecule is O=C1COc2ccc(S(=O)(=O)NC[C@H]3CCn4ccnc4C3)cc2N1. The van der Waals surface area contributed by atoms with Crippen LogP contribution in [0.5, 0.6) is 5.75 Å². The lowest BCUT2D eigenvalue weighted by Crippen LogP contribution is -2.33. The number of nitrogens with one attached hydrogen (secondary N) is 2. The van der Waals surface area contributed by atoms with Crippen molar-refractivity contribution in [3.05, 3.63) is 36.4 Å². The molecule has 4 rings (SSSR count). The minimum atomic E-state index is -3.66. The van der Waals surface area contributed by atoms with Gasteiger partial charge in [-0.25, -0.2) is 18.1 Å². The van der Waals surface area contributed by atoms with E-state index in [0.29, 0.717) is 18.0 Å². The predicted octanol–water partition coefficient (Wildman–Crippen LogP) is 0.755. The summed E-state index contributed by atoms with van der Waals surface area (Å²) in [6.45, 7) is 1.15. The summed E-state index contributed by atoms with van der Waals surface area (Å²) in [5.74, 6) is 1.37. The molecule has 1 aromatic carbocycles. The molecule has 3 heterocycles. The summed E-state index contributed by atoms with van der Waals surface area (Å²) < 4.78 is 35.1. The highest BCUT2D eigenvalue weighted by Crippen LogP contribution is 2.30. The van der Waals surface area contributed by atoms with Crippen LogP contribution in [0.15, 0.2) is 35.5 Å². The third kappa shape index (κ3) is 3.24. The van der Waals surface area contributed by atoms with Gasteiger partial charge in [0.15, 0.2) is 6.61 Å². The number of carbonyl (C=O) groups excluding carboxylic acids is 1. The molecule has 8 nitrogen and oxygen atoms in total. The number of aromatic nitrogens is 2. The van der Waals surface area contributed by atoms with Gasteiger partial charge in [-0.15, -0.1) is 0 Å². The molecule has 132 valence electrons. The van der Waals surface area contributed by atoms with E-state index in [1.165, 1.54) is 12.1 Å². The molecule has 2 aliphatic heterocycles. The van der Waals surface area contributed by atoms with Crippen LogP contribution in [0.2, 0.25) is 0 Å². The van der Waals surface area contributed by atoms with Crippen LogP contribution in [-0.4, -0.2) is 37.0 Å². The number of fused-ring (bicyclic) bond motifs is 2. The highest BCUT2D eigenvalue weighted by Gasteiger charge is 2.24. The number of carbonyl (C=O) groups is 1. The summed E-state index contributed by atoms with van der Waals surface area (Å²) in [5, 5.41) is 2.62. The molecule has 9 heteroatoms. The number of imidazole rings is 1. The summed E-state index contributed by atoms with van der Waals surface area (Å²) in [5.41, 5.74) is 0.374. The van der Waals surface area contributed by atoms with E-state index in [1.54, 1.807) is 12.3 Å². The number of rotatable bonds is 4. The topological polar surface area (TPSA) is 102 Å². The number of hydrogen-bond donors (Lipinski definition) is 2. The number of amides is 1. The fraction of sp³-hybridized carbons (Fsp3) is 0.375. The Morgan fingerprint density at radius 1 is 1.40 bits per heavy atom. The van der Waals surface area contributed by atoms with E-state index in [-0.39, 0.29) is 23.3 Å².